The molecule has 0 radical (unpaired) electrons. The molecule has 0 fully saturated rings. The van der Waals surface area contributed by atoms with E-state index in [0.717, 1.165) is 23.2 Å². The monoisotopic (exact) mass is 290 g/mol. The predicted octanol–water partition coefficient (Wildman–Crippen LogP) is 1.09. The first-order valence-corrected chi connectivity index (χ1v) is 6.89. The van der Waals surface area contributed by atoms with E-state index < -0.39 is 12.0 Å². The lowest BCUT2D eigenvalue weighted by Gasteiger charge is -2.09. The third-order valence-corrected chi connectivity index (χ3v) is 3.41. The minimum absolute atomic E-state index is 0.00388. The Morgan fingerprint density at radius 2 is 2.19 bits per heavy atom. The number of hydrogen-bond donors (Lipinski definition) is 3. The number of anilines is 1. The summed E-state index contributed by atoms with van der Waals surface area (Å²) in [5.41, 5.74) is 2.92. The third-order valence-electron chi connectivity index (χ3n) is 3.41. The minimum atomic E-state index is -1.04. The molecular formula is C15H18N2O4. The normalized spacial score (nSPS) is 14.2. The molecule has 2 amide bonds. The van der Waals surface area contributed by atoms with Crippen LogP contribution in [0.15, 0.2) is 18.2 Å². The second kappa shape index (κ2) is 6.39. The number of nitrogens with one attached hydrogen (secondary N) is 2. The van der Waals surface area contributed by atoms with Crippen molar-refractivity contribution in [2.45, 2.75) is 38.6 Å². The number of carboxylic acids is 1. The molecule has 0 saturated heterocycles. The van der Waals surface area contributed by atoms with Gasteiger partial charge in [0, 0.05) is 12.1 Å². The van der Waals surface area contributed by atoms with Crippen LogP contribution in [-0.2, 0) is 27.2 Å². The zero-order chi connectivity index (χ0) is 15.4. The SMILES string of the molecule is CC(NC(=O)CCCc1ccc2c(c1)CC(=O)N2)C(=O)O. The fourth-order valence-corrected chi connectivity index (χ4v) is 2.27. The Morgan fingerprint density at radius 1 is 1.43 bits per heavy atom. The summed E-state index contributed by atoms with van der Waals surface area (Å²) < 4.78 is 0. The summed E-state index contributed by atoms with van der Waals surface area (Å²) in [6.07, 6.45) is 2.04. The maximum absolute atomic E-state index is 11.5. The molecule has 1 aliphatic rings. The van der Waals surface area contributed by atoms with E-state index in [1.165, 1.54) is 6.92 Å². The van der Waals surface area contributed by atoms with Gasteiger partial charge in [0.2, 0.25) is 11.8 Å². The number of aliphatic carboxylic acids is 1. The first kappa shape index (κ1) is 15.0. The molecule has 3 N–H and O–H groups in total. The van der Waals surface area contributed by atoms with Crippen molar-refractivity contribution in [1.82, 2.24) is 5.32 Å². The second-order valence-electron chi connectivity index (χ2n) is 5.20. The van der Waals surface area contributed by atoms with Gasteiger partial charge in [-0.3, -0.25) is 14.4 Å². The van der Waals surface area contributed by atoms with Crippen LogP contribution in [0.2, 0.25) is 0 Å². The number of fused-ring (bicyclic) bond motifs is 1. The van der Waals surface area contributed by atoms with E-state index >= 15 is 0 Å². The smallest absolute Gasteiger partial charge is 0.325 e. The molecule has 0 aliphatic carbocycles. The van der Waals surface area contributed by atoms with E-state index in [0.29, 0.717) is 12.8 Å². The first-order valence-electron chi connectivity index (χ1n) is 6.89. The largest absolute Gasteiger partial charge is 0.480 e. The Balaban J connectivity index is 1.79. The van der Waals surface area contributed by atoms with Gasteiger partial charge in [0.25, 0.3) is 0 Å². The van der Waals surface area contributed by atoms with Gasteiger partial charge in [-0.15, -0.1) is 0 Å². The molecule has 1 aliphatic heterocycles. The summed E-state index contributed by atoms with van der Waals surface area (Å²) in [4.78, 5) is 33.4. The Hall–Kier alpha value is -2.37. The zero-order valence-corrected chi connectivity index (χ0v) is 11.8. The van der Waals surface area contributed by atoms with E-state index in [2.05, 4.69) is 10.6 Å². The molecule has 112 valence electrons. The molecule has 1 unspecified atom stereocenters. The number of carbonyl (C=O) groups is 3. The van der Waals surface area contributed by atoms with Gasteiger partial charge in [-0.25, -0.2) is 0 Å². The molecule has 1 aromatic rings. The van der Waals surface area contributed by atoms with Crippen molar-refractivity contribution < 1.29 is 19.5 Å². The molecular weight excluding hydrogens is 272 g/mol. The van der Waals surface area contributed by atoms with Crippen LogP contribution < -0.4 is 10.6 Å². The summed E-state index contributed by atoms with van der Waals surface area (Å²) >= 11 is 0. The van der Waals surface area contributed by atoms with Crippen molar-refractivity contribution in [1.29, 1.82) is 0 Å². The van der Waals surface area contributed by atoms with Crippen LogP contribution in [0.25, 0.3) is 0 Å². The lowest BCUT2D eigenvalue weighted by Crippen LogP contribution is -2.38. The molecule has 0 saturated carbocycles. The fourth-order valence-electron chi connectivity index (χ4n) is 2.27. The molecule has 0 spiro atoms. The number of aryl methyl sites for hydroxylation is 1. The molecule has 1 aromatic carbocycles. The van der Waals surface area contributed by atoms with Gasteiger partial charge in [0.1, 0.15) is 6.04 Å². The van der Waals surface area contributed by atoms with Crippen LogP contribution in [0.3, 0.4) is 0 Å². The van der Waals surface area contributed by atoms with Crippen LogP contribution >= 0.6 is 0 Å². The number of hydrogen-bond acceptors (Lipinski definition) is 3. The van der Waals surface area contributed by atoms with E-state index in [9.17, 15) is 14.4 Å². The summed E-state index contributed by atoms with van der Waals surface area (Å²) in [5.74, 6) is -1.30. The summed E-state index contributed by atoms with van der Waals surface area (Å²) in [5, 5.41) is 13.9. The van der Waals surface area contributed by atoms with Crippen molar-refractivity contribution in [2.75, 3.05) is 5.32 Å². The standard InChI is InChI=1S/C15H18N2O4/c1-9(15(20)21)16-13(18)4-2-3-10-5-6-12-11(7-10)8-14(19)17-12/h5-7,9H,2-4,8H2,1H3,(H,16,18)(H,17,19)(H,20,21). The third kappa shape index (κ3) is 4.05. The van der Waals surface area contributed by atoms with Crippen LogP contribution in [0.4, 0.5) is 5.69 Å². The van der Waals surface area contributed by atoms with Gasteiger partial charge >= 0.3 is 5.97 Å². The number of benzene rings is 1. The molecule has 1 atom stereocenters. The van der Waals surface area contributed by atoms with Crippen LogP contribution in [0, 0.1) is 0 Å². The Bertz CT molecular complexity index is 583. The van der Waals surface area contributed by atoms with E-state index in [1.807, 2.05) is 18.2 Å². The van der Waals surface area contributed by atoms with Crippen molar-refractivity contribution in [3.8, 4) is 0 Å². The molecule has 6 nitrogen and oxygen atoms in total. The van der Waals surface area contributed by atoms with Crippen molar-refractivity contribution in [3.63, 3.8) is 0 Å². The lowest BCUT2D eigenvalue weighted by atomic mass is 10.0. The summed E-state index contributed by atoms with van der Waals surface area (Å²) in [7, 11) is 0. The Kier molecular flexibility index (Phi) is 4.57. The maximum Gasteiger partial charge on any atom is 0.325 e. The first-order chi connectivity index (χ1) is 9.95. The lowest BCUT2D eigenvalue weighted by molar-refractivity contribution is -0.141. The van der Waals surface area contributed by atoms with Gasteiger partial charge in [-0.1, -0.05) is 12.1 Å². The van der Waals surface area contributed by atoms with Gasteiger partial charge in [0.15, 0.2) is 0 Å². The predicted molar refractivity (Wildman–Crippen MR) is 77.0 cm³/mol. The number of carboxylic acid groups (broad SMARTS) is 1. The molecule has 6 heteroatoms. The van der Waals surface area contributed by atoms with Crippen molar-refractivity contribution in [3.05, 3.63) is 29.3 Å². The minimum Gasteiger partial charge on any atom is -0.480 e. The number of carbonyl (C=O) groups excluding carboxylic acids is 2. The van der Waals surface area contributed by atoms with Crippen LogP contribution in [0.5, 0.6) is 0 Å². The maximum atomic E-state index is 11.5. The highest BCUT2D eigenvalue weighted by Gasteiger charge is 2.17. The highest BCUT2D eigenvalue weighted by Crippen LogP contribution is 2.24. The van der Waals surface area contributed by atoms with E-state index in [-0.39, 0.29) is 18.2 Å². The Labute approximate surface area is 122 Å². The molecule has 21 heavy (non-hydrogen) atoms. The van der Waals surface area contributed by atoms with Crippen molar-refractivity contribution >= 4 is 23.5 Å². The van der Waals surface area contributed by atoms with E-state index in [1.54, 1.807) is 0 Å². The molecule has 0 aromatic heterocycles. The summed E-state index contributed by atoms with van der Waals surface area (Å²) in [6, 6.07) is 4.92. The van der Waals surface area contributed by atoms with Crippen molar-refractivity contribution in [2.24, 2.45) is 0 Å². The van der Waals surface area contributed by atoms with Gasteiger partial charge in [-0.05, 0) is 37.0 Å². The van der Waals surface area contributed by atoms with Gasteiger partial charge in [-0.2, -0.15) is 0 Å². The molecule has 1 heterocycles. The second-order valence-corrected chi connectivity index (χ2v) is 5.20. The van der Waals surface area contributed by atoms with Gasteiger partial charge in [0.05, 0.1) is 6.42 Å². The number of rotatable bonds is 6. The number of amides is 2. The fraction of sp³-hybridized carbons (Fsp3) is 0.400. The average Bonchev–Trinajstić information content (AvgIpc) is 2.77. The Morgan fingerprint density at radius 3 is 2.90 bits per heavy atom. The molecule has 2 rings (SSSR count). The van der Waals surface area contributed by atoms with Crippen LogP contribution in [-0.4, -0.2) is 28.9 Å². The highest BCUT2D eigenvalue weighted by molar-refractivity contribution is 5.99. The quantitative estimate of drug-likeness (QED) is 0.731. The molecule has 0 bridgehead atoms. The summed E-state index contributed by atoms with van der Waals surface area (Å²) in [6.45, 7) is 1.44. The highest BCUT2D eigenvalue weighted by atomic mass is 16.4. The van der Waals surface area contributed by atoms with Gasteiger partial charge < -0.3 is 15.7 Å². The average molecular weight is 290 g/mol. The topological polar surface area (TPSA) is 95.5 Å². The van der Waals surface area contributed by atoms with E-state index in [4.69, 9.17) is 5.11 Å². The van der Waals surface area contributed by atoms with Crippen LogP contribution in [0.1, 0.15) is 30.9 Å². The zero-order valence-electron chi connectivity index (χ0n) is 11.8.